The van der Waals surface area contributed by atoms with Gasteiger partial charge in [-0.05, 0) is 14.0 Å². The molecule has 0 fully saturated rings. The second kappa shape index (κ2) is 4.04. The van der Waals surface area contributed by atoms with Crippen molar-refractivity contribution in [2.45, 2.75) is 19.5 Å². The van der Waals surface area contributed by atoms with Crippen LogP contribution in [-0.2, 0) is 11.3 Å². The summed E-state index contributed by atoms with van der Waals surface area (Å²) in [4.78, 5) is 15.0. The summed E-state index contributed by atoms with van der Waals surface area (Å²) in [5.74, 6) is 0.462. The predicted octanol–water partition coefficient (Wildman–Crippen LogP) is -0.351. The number of aromatic nitrogens is 2. The lowest BCUT2D eigenvalue weighted by molar-refractivity contribution is -0.120. The van der Waals surface area contributed by atoms with Crippen molar-refractivity contribution in [2.24, 2.45) is 5.73 Å². The molecule has 0 saturated heterocycles. The summed E-state index contributed by atoms with van der Waals surface area (Å²) < 4.78 is 1.76. The maximum absolute atomic E-state index is 10.9. The van der Waals surface area contributed by atoms with E-state index in [4.69, 9.17) is 5.73 Å². The molecule has 0 radical (unpaired) electrons. The molecule has 0 saturated carbocycles. The molecule has 1 atom stereocenters. The van der Waals surface area contributed by atoms with Crippen molar-refractivity contribution >= 4 is 5.91 Å². The lowest BCUT2D eigenvalue weighted by Gasteiger charge is -2.12. The number of hydrogen-bond acceptors (Lipinski definition) is 3. The van der Waals surface area contributed by atoms with Crippen LogP contribution < -0.4 is 11.1 Å². The number of carbonyl (C=O) groups is 1. The van der Waals surface area contributed by atoms with E-state index < -0.39 is 0 Å². The standard InChI is InChI=1S/C8H14N4O/c1-6(8(9)13)12-4-3-11-7(12)5-10-2/h3-4,6,10H,5H2,1-2H3,(H2,9,13). The van der Waals surface area contributed by atoms with Gasteiger partial charge in [0.05, 0.1) is 6.54 Å². The monoisotopic (exact) mass is 182 g/mol. The van der Waals surface area contributed by atoms with Gasteiger partial charge in [0.15, 0.2) is 0 Å². The van der Waals surface area contributed by atoms with Crippen LogP contribution in [-0.4, -0.2) is 22.5 Å². The SMILES string of the molecule is CNCc1nccn1C(C)C(N)=O. The van der Waals surface area contributed by atoms with E-state index in [2.05, 4.69) is 10.3 Å². The van der Waals surface area contributed by atoms with Crippen LogP contribution in [0.5, 0.6) is 0 Å². The first-order valence-electron chi connectivity index (χ1n) is 4.12. The summed E-state index contributed by atoms with van der Waals surface area (Å²) in [5, 5.41) is 2.97. The zero-order chi connectivity index (χ0) is 9.84. The maximum atomic E-state index is 10.9. The van der Waals surface area contributed by atoms with E-state index in [9.17, 15) is 4.79 Å². The van der Waals surface area contributed by atoms with Crippen LogP contribution in [0.25, 0.3) is 0 Å². The smallest absolute Gasteiger partial charge is 0.240 e. The molecule has 1 rings (SSSR count). The first-order valence-corrected chi connectivity index (χ1v) is 4.12. The van der Waals surface area contributed by atoms with Crippen LogP contribution in [0.1, 0.15) is 18.8 Å². The van der Waals surface area contributed by atoms with E-state index in [1.807, 2.05) is 7.05 Å². The Labute approximate surface area is 76.9 Å². The zero-order valence-corrected chi connectivity index (χ0v) is 7.82. The molecule has 0 bridgehead atoms. The van der Waals surface area contributed by atoms with E-state index in [0.717, 1.165) is 5.82 Å². The Kier molecular flexibility index (Phi) is 3.02. The minimum absolute atomic E-state index is 0.342. The highest BCUT2D eigenvalue weighted by atomic mass is 16.1. The van der Waals surface area contributed by atoms with Crippen LogP contribution >= 0.6 is 0 Å². The Bertz CT molecular complexity index is 294. The molecule has 1 amide bonds. The molecule has 0 spiro atoms. The highest BCUT2D eigenvalue weighted by Crippen LogP contribution is 2.07. The van der Waals surface area contributed by atoms with Gasteiger partial charge in [0.25, 0.3) is 0 Å². The fraction of sp³-hybridized carbons (Fsp3) is 0.500. The van der Waals surface area contributed by atoms with Gasteiger partial charge in [0.1, 0.15) is 11.9 Å². The van der Waals surface area contributed by atoms with Gasteiger partial charge < -0.3 is 15.6 Å². The normalized spacial score (nSPS) is 12.8. The summed E-state index contributed by atoms with van der Waals surface area (Å²) in [7, 11) is 1.83. The molecular weight excluding hydrogens is 168 g/mol. The van der Waals surface area contributed by atoms with Crippen LogP contribution in [0.15, 0.2) is 12.4 Å². The number of primary amides is 1. The summed E-state index contributed by atoms with van der Waals surface area (Å²) in [6, 6.07) is -0.342. The average Bonchev–Trinajstić information content (AvgIpc) is 2.52. The molecular formula is C8H14N4O. The number of nitrogens with one attached hydrogen (secondary N) is 1. The Morgan fingerprint density at radius 1 is 1.85 bits per heavy atom. The van der Waals surface area contributed by atoms with E-state index >= 15 is 0 Å². The summed E-state index contributed by atoms with van der Waals surface area (Å²) in [6.07, 6.45) is 3.41. The molecule has 1 unspecified atom stereocenters. The molecule has 5 nitrogen and oxygen atoms in total. The van der Waals surface area contributed by atoms with Crippen LogP contribution in [0.4, 0.5) is 0 Å². The van der Waals surface area contributed by atoms with Gasteiger partial charge >= 0.3 is 0 Å². The third-order valence-electron chi connectivity index (χ3n) is 1.91. The number of hydrogen-bond donors (Lipinski definition) is 2. The van der Waals surface area contributed by atoms with Crippen molar-refractivity contribution < 1.29 is 4.79 Å². The Morgan fingerprint density at radius 3 is 3.08 bits per heavy atom. The number of rotatable bonds is 4. The van der Waals surface area contributed by atoms with Crippen LogP contribution in [0.3, 0.4) is 0 Å². The quantitative estimate of drug-likeness (QED) is 0.668. The highest BCUT2D eigenvalue weighted by Gasteiger charge is 2.13. The number of amides is 1. The van der Waals surface area contributed by atoms with Gasteiger partial charge in [-0.3, -0.25) is 4.79 Å². The molecule has 72 valence electrons. The molecule has 13 heavy (non-hydrogen) atoms. The van der Waals surface area contributed by atoms with Crippen molar-refractivity contribution in [3.63, 3.8) is 0 Å². The second-order valence-electron chi connectivity index (χ2n) is 2.86. The van der Waals surface area contributed by atoms with E-state index in [0.29, 0.717) is 6.54 Å². The molecule has 0 aliphatic carbocycles. The molecule has 1 aromatic heterocycles. The number of imidazole rings is 1. The molecule has 3 N–H and O–H groups in total. The molecule has 1 heterocycles. The van der Waals surface area contributed by atoms with Crippen molar-refractivity contribution in [3.8, 4) is 0 Å². The van der Waals surface area contributed by atoms with Gasteiger partial charge in [-0.25, -0.2) is 4.98 Å². The van der Waals surface area contributed by atoms with E-state index in [1.54, 1.807) is 23.9 Å². The molecule has 0 aromatic carbocycles. The van der Waals surface area contributed by atoms with Crippen molar-refractivity contribution in [1.29, 1.82) is 0 Å². The lowest BCUT2D eigenvalue weighted by Crippen LogP contribution is -2.26. The fourth-order valence-electron chi connectivity index (χ4n) is 1.13. The molecule has 1 aromatic rings. The van der Waals surface area contributed by atoms with Crippen molar-refractivity contribution in [2.75, 3.05) is 7.05 Å². The summed E-state index contributed by atoms with van der Waals surface area (Å²) in [5.41, 5.74) is 5.18. The van der Waals surface area contributed by atoms with Gasteiger partial charge in [-0.2, -0.15) is 0 Å². The number of nitrogens with two attached hydrogens (primary N) is 1. The Hall–Kier alpha value is -1.36. The minimum atomic E-state index is -0.352. The molecule has 5 heteroatoms. The topological polar surface area (TPSA) is 72.9 Å². The first-order chi connectivity index (χ1) is 6.16. The molecule has 0 aliphatic heterocycles. The van der Waals surface area contributed by atoms with Gasteiger partial charge in [0.2, 0.25) is 5.91 Å². The Morgan fingerprint density at radius 2 is 2.54 bits per heavy atom. The maximum Gasteiger partial charge on any atom is 0.240 e. The zero-order valence-electron chi connectivity index (χ0n) is 7.82. The first kappa shape index (κ1) is 9.73. The Balaban J connectivity index is 2.86. The van der Waals surface area contributed by atoms with Crippen molar-refractivity contribution in [3.05, 3.63) is 18.2 Å². The van der Waals surface area contributed by atoms with Crippen LogP contribution in [0.2, 0.25) is 0 Å². The van der Waals surface area contributed by atoms with E-state index in [1.165, 1.54) is 0 Å². The summed E-state index contributed by atoms with van der Waals surface area (Å²) in [6.45, 7) is 2.38. The molecule has 0 aliphatic rings. The number of carbonyl (C=O) groups excluding carboxylic acids is 1. The fourth-order valence-corrected chi connectivity index (χ4v) is 1.13. The third kappa shape index (κ3) is 2.06. The van der Waals surface area contributed by atoms with Crippen molar-refractivity contribution in [1.82, 2.24) is 14.9 Å². The largest absolute Gasteiger partial charge is 0.368 e. The van der Waals surface area contributed by atoms with Gasteiger partial charge in [-0.15, -0.1) is 0 Å². The van der Waals surface area contributed by atoms with Gasteiger partial charge in [0, 0.05) is 12.4 Å². The van der Waals surface area contributed by atoms with Gasteiger partial charge in [-0.1, -0.05) is 0 Å². The highest BCUT2D eigenvalue weighted by molar-refractivity contribution is 5.77. The second-order valence-corrected chi connectivity index (χ2v) is 2.86. The number of nitrogens with zero attached hydrogens (tertiary/aromatic N) is 2. The summed E-state index contributed by atoms with van der Waals surface area (Å²) >= 11 is 0. The predicted molar refractivity (Wildman–Crippen MR) is 48.9 cm³/mol. The average molecular weight is 182 g/mol. The minimum Gasteiger partial charge on any atom is -0.368 e. The van der Waals surface area contributed by atoms with Crippen LogP contribution in [0, 0.1) is 0 Å². The third-order valence-corrected chi connectivity index (χ3v) is 1.91. The lowest BCUT2D eigenvalue weighted by atomic mass is 10.3. The van der Waals surface area contributed by atoms with E-state index in [-0.39, 0.29) is 11.9 Å².